The number of nitrogens with one attached hydrogen (secondary N) is 1. The second-order valence-corrected chi connectivity index (χ2v) is 9.14. The summed E-state index contributed by atoms with van der Waals surface area (Å²) in [5.41, 5.74) is 3.02. The lowest BCUT2D eigenvalue weighted by Crippen LogP contribution is -2.29. The third-order valence-corrected chi connectivity index (χ3v) is 6.64. The zero-order valence-corrected chi connectivity index (χ0v) is 13.2. The monoisotopic (exact) mass is 255 g/mol. The summed E-state index contributed by atoms with van der Waals surface area (Å²) in [7, 11) is 0.0305. The molecular weight excluding hydrogens is 225 g/mol. The Morgan fingerprint density at radius 2 is 1.59 bits per heavy atom. The molecule has 1 aliphatic carbocycles. The van der Waals surface area contributed by atoms with Crippen LogP contribution in [0.3, 0.4) is 0 Å². The maximum Gasteiger partial charge on any atom is 0.0258 e. The maximum absolute atomic E-state index is 3.74. The molecule has 1 saturated carbocycles. The van der Waals surface area contributed by atoms with Crippen LogP contribution in [0.1, 0.15) is 66.7 Å². The van der Waals surface area contributed by atoms with Crippen LogP contribution in [-0.2, 0) is 0 Å². The van der Waals surface area contributed by atoms with Crippen molar-refractivity contribution in [1.29, 1.82) is 0 Å². The second-order valence-electron chi connectivity index (χ2n) is 5.93. The fourth-order valence-corrected chi connectivity index (χ4v) is 5.03. The molecule has 100 valence electrons. The molecule has 0 aromatic carbocycles. The molecule has 0 spiro atoms. The highest BCUT2D eigenvalue weighted by atomic mass is 31.1. The molecule has 1 fully saturated rings. The first-order chi connectivity index (χ1) is 8.00. The van der Waals surface area contributed by atoms with Crippen LogP contribution in [0.2, 0.25) is 0 Å². The van der Waals surface area contributed by atoms with Crippen molar-refractivity contribution in [3.63, 3.8) is 0 Å². The van der Waals surface area contributed by atoms with Crippen molar-refractivity contribution in [2.24, 2.45) is 0 Å². The number of rotatable bonds is 5. The Balaban J connectivity index is 2.50. The van der Waals surface area contributed by atoms with Crippen LogP contribution in [0.25, 0.3) is 0 Å². The van der Waals surface area contributed by atoms with Gasteiger partial charge in [0, 0.05) is 11.7 Å². The molecule has 1 N–H and O–H groups in total. The van der Waals surface area contributed by atoms with E-state index in [-0.39, 0.29) is 7.92 Å². The molecular formula is C15H30NP. The molecule has 2 heteroatoms. The zero-order chi connectivity index (χ0) is 12.8. The minimum absolute atomic E-state index is 0.0305. The molecule has 0 heterocycles. The molecule has 0 atom stereocenters. The Bertz CT molecular complexity index is 231. The highest BCUT2D eigenvalue weighted by Crippen LogP contribution is 2.47. The van der Waals surface area contributed by atoms with E-state index >= 15 is 0 Å². The van der Waals surface area contributed by atoms with Gasteiger partial charge in [-0.2, -0.15) is 0 Å². The van der Waals surface area contributed by atoms with Gasteiger partial charge in [0.05, 0.1) is 0 Å². The lowest BCUT2D eigenvalue weighted by Gasteiger charge is -2.27. The molecule has 0 bridgehead atoms. The van der Waals surface area contributed by atoms with Crippen LogP contribution in [0.4, 0.5) is 0 Å². The third-order valence-electron chi connectivity index (χ3n) is 3.57. The van der Waals surface area contributed by atoms with Gasteiger partial charge in [-0.1, -0.05) is 54.9 Å². The fourth-order valence-electron chi connectivity index (χ4n) is 2.72. The van der Waals surface area contributed by atoms with Gasteiger partial charge in [0.1, 0.15) is 0 Å². The zero-order valence-electron chi connectivity index (χ0n) is 12.3. The van der Waals surface area contributed by atoms with Crippen LogP contribution in [-0.4, -0.2) is 17.4 Å². The van der Waals surface area contributed by atoms with Crippen LogP contribution in [0, 0.1) is 0 Å². The summed E-state index contributed by atoms with van der Waals surface area (Å²) in [5, 5.41) is 3.74. The molecule has 0 aliphatic heterocycles. The van der Waals surface area contributed by atoms with E-state index in [0.29, 0.717) is 0 Å². The summed E-state index contributed by atoms with van der Waals surface area (Å²) in [6.07, 6.45) is 6.99. The molecule has 0 amide bonds. The van der Waals surface area contributed by atoms with Crippen molar-refractivity contribution in [1.82, 2.24) is 5.32 Å². The van der Waals surface area contributed by atoms with Gasteiger partial charge < -0.3 is 5.32 Å². The highest BCUT2D eigenvalue weighted by Gasteiger charge is 2.16. The third kappa shape index (κ3) is 5.42. The van der Waals surface area contributed by atoms with Crippen molar-refractivity contribution in [3.8, 4) is 0 Å². The second kappa shape index (κ2) is 7.41. The van der Waals surface area contributed by atoms with Gasteiger partial charge in [0.25, 0.3) is 0 Å². The first-order valence-electron chi connectivity index (χ1n) is 7.23. The van der Waals surface area contributed by atoms with Gasteiger partial charge in [-0.25, -0.2) is 0 Å². The average molecular weight is 255 g/mol. The first kappa shape index (κ1) is 15.0. The number of hydrogen-bond donors (Lipinski definition) is 1. The van der Waals surface area contributed by atoms with Crippen LogP contribution < -0.4 is 5.32 Å². The first-order valence-corrected chi connectivity index (χ1v) is 8.78. The predicted molar refractivity (Wildman–Crippen MR) is 81.0 cm³/mol. The van der Waals surface area contributed by atoms with Gasteiger partial charge in [-0.3, -0.25) is 0 Å². The van der Waals surface area contributed by atoms with Gasteiger partial charge >= 0.3 is 0 Å². The van der Waals surface area contributed by atoms with E-state index in [4.69, 9.17) is 0 Å². The van der Waals surface area contributed by atoms with Crippen molar-refractivity contribution in [2.75, 3.05) is 0 Å². The summed E-state index contributed by atoms with van der Waals surface area (Å²) in [6, 6.07) is 0.746. The van der Waals surface area contributed by atoms with Gasteiger partial charge in [0.2, 0.25) is 0 Å². The normalized spacial score (nSPS) is 19.4. The molecule has 0 saturated heterocycles. The Morgan fingerprint density at radius 1 is 1.06 bits per heavy atom. The lowest BCUT2D eigenvalue weighted by atomic mass is 9.95. The van der Waals surface area contributed by atoms with Crippen LogP contribution in [0.5, 0.6) is 0 Å². The lowest BCUT2D eigenvalue weighted by molar-refractivity contribution is 0.397. The van der Waals surface area contributed by atoms with Gasteiger partial charge in [0.15, 0.2) is 0 Å². The largest absolute Gasteiger partial charge is 0.386 e. The summed E-state index contributed by atoms with van der Waals surface area (Å²) in [6.45, 7) is 11.7. The molecule has 0 radical (unpaired) electrons. The van der Waals surface area contributed by atoms with Crippen molar-refractivity contribution in [2.45, 2.75) is 84.1 Å². The summed E-state index contributed by atoms with van der Waals surface area (Å²) in [5.74, 6) is 2.53. The Kier molecular flexibility index (Phi) is 6.55. The smallest absolute Gasteiger partial charge is 0.0258 e. The van der Waals surface area contributed by atoms with Gasteiger partial charge in [-0.15, -0.1) is 0 Å². The standard InChI is InChI=1S/C15H30NP/c1-12(2)17(13(3)4)11-14(5)16-15-9-7-6-8-10-15/h11-13,15-16H,6-10H2,1-5H3/b14-11+. The molecule has 1 rings (SSSR count). The predicted octanol–water partition coefficient (Wildman–Crippen LogP) is 5.07. The summed E-state index contributed by atoms with van der Waals surface area (Å²) >= 11 is 0. The molecule has 0 aromatic heterocycles. The van der Waals surface area contributed by atoms with E-state index in [0.717, 1.165) is 17.4 Å². The Hall–Kier alpha value is -0.0300. The Morgan fingerprint density at radius 3 is 2.06 bits per heavy atom. The van der Waals surface area contributed by atoms with E-state index in [2.05, 4.69) is 45.8 Å². The van der Waals surface area contributed by atoms with Crippen LogP contribution in [0.15, 0.2) is 11.5 Å². The quantitative estimate of drug-likeness (QED) is 0.676. The summed E-state index contributed by atoms with van der Waals surface area (Å²) < 4.78 is 0. The molecule has 1 aliphatic rings. The van der Waals surface area contributed by atoms with Gasteiger partial charge in [-0.05, 0) is 36.9 Å². The average Bonchev–Trinajstić information content (AvgIpc) is 2.26. The maximum atomic E-state index is 3.74. The van der Waals surface area contributed by atoms with Crippen molar-refractivity contribution < 1.29 is 0 Å². The van der Waals surface area contributed by atoms with Crippen molar-refractivity contribution >= 4 is 7.92 Å². The van der Waals surface area contributed by atoms with Crippen LogP contribution >= 0.6 is 7.92 Å². The Labute approximate surface area is 109 Å². The van der Waals surface area contributed by atoms with E-state index in [9.17, 15) is 0 Å². The molecule has 1 nitrogen and oxygen atoms in total. The molecule has 17 heavy (non-hydrogen) atoms. The SMILES string of the molecule is C/C(=C\P(C(C)C)C(C)C)NC1CCCCC1. The topological polar surface area (TPSA) is 12.0 Å². The summed E-state index contributed by atoms with van der Waals surface area (Å²) in [4.78, 5) is 0. The highest BCUT2D eigenvalue weighted by molar-refractivity contribution is 7.62. The van der Waals surface area contributed by atoms with E-state index in [1.807, 2.05) is 0 Å². The number of allylic oxidation sites excluding steroid dienone is 1. The van der Waals surface area contributed by atoms with E-state index in [1.54, 1.807) is 0 Å². The minimum atomic E-state index is 0.0305. The minimum Gasteiger partial charge on any atom is -0.386 e. The number of hydrogen-bond acceptors (Lipinski definition) is 1. The fraction of sp³-hybridized carbons (Fsp3) is 0.867. The molecule has 0 unspecified atom stereocenters. The molecule has 0 aromatic rings. The van der Waals surface area contributed by atoms with E-state index in [1.165, 1.54) is 37.8 Å². The van der Waals surface area contributed by atoms with E-state index < -0.39 is 0 Å². The van der Waals surface area contributed by atoms with Crippen molar-refractivity contribution in [3.05, 3.63) is 11.5 Å².